The second-order valence-electron chi connectivity index (χ2n) is 9.70. The van der Waals surface area contributed by atoms with Crippen LogP contribution in [0, 0.1) is 51.8 Å². The lowest BCUT2D eigenvalue weighted by molar-refractivity contribution is -0.116. The molecule has 2 heteroatoms. The summed E-state index contributed by atoms with van der Waals surface area (Å²) in [6, 6.07) is 2.41. The Hall–Kier alpha value is -1.36. The highest BCUT2D eigenvalue weighted by atomic mass is 16.1. The summed E-state index contributed by atoms with van der Waals surface area (Å²) in [4.78, 5) is 11.9. The molecule has 2 nitrogen and oxygen atoms in total. The van der Waals surface area contributed by atoms with Gasteiger partial charge in [0.15, 0.2) is 5.78 Å². The summed E-state index contributed by atoms with van der Waals surface area (Å²) in [5.74, 6) is 3.63. The zero-order chi connectivity index (χ0) is 17.8. The number of hydrogen-bond donors (Lipinski definition) is 0. The monoisotopic (exact) mass is 337 g/mol. The van der Waals surface area contributed by atoms with Crippen LogP contribution in [0.4, 0.5) is 0 Å². The predicted molar refractivity (Wildman–Crippen MR) is 99.5 cm³/mol. The number of nitriles is 1. The zero-order valence-corrected chi connectivity index (χ0v) is 15.9. The molecule has 2 saturated carbocycles. The van der Waals surface area contributed by atoms with Gasteiger partial charge in [0.1, 0.15) is 0 Å². The Balaban J connectivity index is 1.66. The van der Waals surface area contributed by atoms with Gasteiger partial charge in [0.2, 0.25) is 0 Å². The molecule has 0 heterocycles. The van der Waals surface area contributed by atoms with Gasteiger partial charge in [0.05, 0.1) is 6.07 Å². The molecule has 134 valence electrons. The predicted octanol–water partition coefficient (Wildman–Crippen LogP) is 5.46. The minimum atomic E-state index is 0.199. The van der Waals surface area contributed by atoms with Gasteiger partial charge >= 0.3 is 0 Å². The first kappa shape index (κ1) is 17.1. The molecule has 0 spiro atoms. The largest absolute Gasteiger partial charge is 0.295 e. The lowest BCUT2D eigenvalue weighted by atomic mass is 9.48. The summed E-state index contributed by atoms with van der Waals surface area (Å²) in [5.41, 5.74) is 1.88. The Morgan fingerprint density at radius 1 is 1.24 bits per heavy atom. The molecule has 0 N–H and O–H groups in total. The minimum Gasteiger partial charge on any atom is -0.295 e. The van der Waals surface area contributed by atoms with Gasteiger partial charge in [-0.25, -0.2) is 0 Å². The van der Waals surface area contributed by atoms with Gasteiger partial charge in [-0.15, -0.1) is 0 Å². The van der Waals surface area contributed by atoms with Gasteiger partial charge < -0.3 is 0 Å². The number of allylic oxidation sites excluding steroid dienone is 4. The molecule has 0 aromatic heterocycles. The van der Waals surface area contributed by atoms with Crippen LogP contribution in [0.1, 0.15) is 65.7 Å². The van der Waals surface area contributed by atoms with Crippen LogP contribution in [0.25, 0.3) is 0 Å². The van der Waals surface area contributed by atoms with Crippen molar-refractivity contribution in [2.75, 3.05) is 0 Å². The van der Waals surface area contributed by atoms with Crippen molar-refractivity contribution in [1.29, 1.82) is 5.26 Å². The quantitative estimate of drug-likeness (QED) is 0.671. The first-order valence-corrected chi connectivity index (χ1v) is 10.2. The molecule has 2 fully saturated rings. The van der Waals surface area contributed by atoms with E-state index in [0.717, 1.165) is 18.8 Å². The number of nitrogens with zero attached hydrogens (tertiary/aromatic N) is 1. The van der Waals surface area contributed by atoms with Gasteiger partial charge in [-0.05, 0) is 84.2 Å². The first-order chi connectivity index (χ1) is 11.9. The molecule has 25 heavy (non-hydrogen) atoms. The normalized spacial score (nSPS) is 46.5. The van der Waals surface area contributed by atoms with E-state index in [-0.39, 0.29) is 5.41 Å². The van der Waals surface area contributed by atoms with Crippen LogP contribution >= 0.6 is 0 Å². The number of carbonyl (C=O) groups is 1. The lowest BCUT2D eigenvalue weighted by Gasteiger charge is -2.56. The molecule has 0 amide bonds. The van der Waals surface area contributed by atoms with Crippen LogP contribution < -0.4 is 0 Å². The molecular weight excluding hydrogens is 306 g/mol. The maximum absolute atomic E-state index is 11.9. The molecule has 4 aliphatic rings. The number of fused-ring (bicyclic) bond motifs is 5. The number of rotatable bonds is 2. The van der Waals surface area contributed by atoms with Gasteiger partial charge in [0.25, 0.3) is 0 Å². The highest BCUT2D eigenvalue weighted by molar-refractivity contribution is 5.92. The highest BCUT2D eigenvalue weighted by Crippen LogP contribution is 2.66. The van der Waals surface area contributed by atoms with E-state index in [4.69, 9.17) is 5.26 Å². The summed E-state index contributed by atoms with van der Waals surface area (Å²) in [6.45, 7) is 7.23. The molecule has 4 rings (SSSR count). The Bertz CT molecular complexity index is 683. The topological polar surface area (TPSA) is 40.9 Å². The van der Waals surface area contributed by atoms with Gasteiger partial charge in [-0.3, -0.25) is 4.79 Å². The van der Waals surface area contributed by atoms with Crippen molar-refractivity contribution in [2.24, 2.45) is 40.4 Å². The molecule has 4 aliphatic carbocycles. The van der Waals surface area contributed by atoms with Crippen LogP contribution in [0.2, 0.25) is 0 Å². The van der Waals surface area contributed by atoms with E-state index in [1.54, 1.807) is 0 Å². The maximum atomic E-state index is 11.9. The fraction of sp³-hybridized carbons (Fsp3) is 0.739. The lowest BCUT2D eigenvalue weighted by Crippen LogP contribution is -2.49. The number of ketones is 1. The third kappa shape index (κ3) is 2.38. The molecule has 7 atom stereocenters. The second kappa shape index (κ2) is 5.83. The maximum Gasteiger partial charge on any atom is 0.156 e. The Morgan fingerprint density at radius 2 is 2.04 bits per heavy atom. The van der Waals surface area contributed by atoms with Crippen molar-refractivity contribution < 1.29 is 4.79 Å². The number of carbonyl (C=O) groups excluding carboxylic acids is 1. The molecular formula is C23H31NO. The summed E-state index contributed by atoms with van der Waals surface area (Å²) in [6.07, 6.45) is 14.3. The Labute approximate surface area is 152 Å². The average molecular weight is 338 g/mol. The van der Waals surface area contributed by atoms with E-state index < -0.39 is 0 Å². The van der Waals surface area contributed by atoms with E-state index in [1.165, 1.54) is 31.3 Å². The van der Waals surface area contributed by atoms with Gasteiger partial charge in [-0.2, -0.15) is 5.26 Å². The van der Waals surface area contributed by atoms with E-state index in [9.17, 15) is 4.79 Å². The van der Waals surface area contributed by atoms with E-state index in [2.05, 4.69) is 39.0 Å². The molecule has 0 saturated heterocycles. The SMILES string of the molecule is C[C@H](CC#N)[C@H]1CC[C@H]2[C@@H]3C=CC4=CC(=O)CC[C@]4(C)[C@H]3CC[C@]12C. The average Bonchev–Trinajstić information content (AvgIpc) is 2.93. The van der Waals surface area contributed by atoms with Crippen molar-refractivity contribution in [3.05, 3.63) is 23.8 Å². The summed E-state index contributed by atoms with van der Waals surface area (Å²) in [7, 11) is 0. The zero-order valence-electron chi connectivity index (χ0n) is 15.9. The summed E-state index contributed by atoms with van der Waals surface area (Å²) in [5, 5.41) is 9.15. The minimum absolute atomic E-state index is 0.199. The van der Waals surface area contributed by atoms with E-state index in [0.29, 0.717) is 41.3 Å². The Kier molecular flexibility index (Phi) is 3.98. The molecule has 0 unspecified atom stereocenters. The van der Waals surface area contributed by atoms with E-state index >= 15 is 0 Å². The Morgan fingerprint density at radius 3 is 2.80 bits per heavy atom. The molecule has 0 bridgehead atoms. The standard InChI is InChI=1S/C23H31NO/c1-15(10-13-24)19-6-7-20-18-5-4-16-14-17(25)8-11-22(16,2)21(18)9-12-23(19,20)3/h4-5,14-15,18-21H,6-12H2,1-3H3/t15-,18+,19-,20+,21+,22+,23-/m1/s1. The van der Waals surface area contributed by atoms with Crippen LogP contribution in [-0.4, -0.2) is 5.78 Å². The molecule has 0 aromatic rings. The smallest absolute Gasteiger partial charge is 0.156 e. The van der Waals surface area contributed by atoms with Crippen molar-refractivity contribution >= 4 is 5.78 Å². The van der Waals surface area contributed by atoms with Gasteiger partial charge in [-0.1, -0.05) is 32.9 Å². The van der Waals surface area contributed by atoms with Crippen molar-refractivity contribution in [1.82, 2.24) is 0 Å². The van der Waals surface area contributed by atoms with Crippen LogP contribution in [-0.2, 0) is 4.79 Å². The summed E-state index contributed by atoms with van der Waals surface area (Å²) < 4.78 is 0. The second-order valence-corrected chi connectivity index (χ2v) is 9.70. The van der Waals surface area contributed by atoms with Crippen molar-refractivity contribution in [3.63, 3.8) is 0 Å². The fourth-order valence-electron chi connectivity index (χ4n) is 7.26. The number of hydrogen-bond acceptors (Lipinski definition) is 2. The molecule has 0 radical (unpaired) electrons. The van der Waals surface area contributed by atoms with Crippen molar-refractivity contribution in [2.45, 2.75) is 65.7 Å². The first-order valence-electron chi connectivity index (χ1n) is 10.2. The third-order valence-electron chi connectivity index (χ3n) is 8.69. The van der Waals surface area contributed by atoms with Gasteiger partial charge in [0, 0.05) is 12.8 Å². The van der Waals surface area contributed by atoms with Crippen LogP contribution in [0.5, 0.6) is 0 Å². The third-order valence-corrected chi connectivity index (χ3v) is 8.69. The highest BCUT2D eigenvalue weighted by Gasteiger charge is 2.58. The van der Waals surface area contributed by atoms with Crippen molar-refractivity contribution in [3.8, 4) is 6.07 Å². The van der Waals surface area contributed by atoms with E-state index in [1.807, 2.05) is 6.08 Å². The molecule has 0 aromatic carbocycles. The fourth-order valence-corrected chi connectivity index (χ4v) is 7.26. The van der Waals surface area contributed by atoms with Crippen LogP contribution in [0.3, 0.4) is 0 Å². The van der Waals surface area contributed by atoms with Crippen LogP contribution in [0.15, 0.2) is 23.8 Å². The summed E-state index contributed by atoms with van der Waals surface area (Å²) >= 11 is 0. The molecule has 0 aliphatic heterocycles.